The van der Waals surface area contributed by atoms with E-state index in [2.05, 4.69) is 25.6 Å². The highest BCUT2D eigenvalue weighted by Gasteiger charge is 2.18. The number of aryl methyl sites for hydroxylation is 1. The number of anilines is 2. The van der Waals surface area contributed by atoms with Crippen molar-refractivity contribution in [3.63, 3.8) is 0 Å². The summed E-state index contributed by atoms with van der Waals surface area (Å²) in [7, 11) is -3.74. The van der Waals surface area contributed by atoms with Gasteiger partial charge in [0.25, 0.3) is 10.0 Å². The van der Waals surface area contributed by atoms with Crippen LogP contribution in [0.15, 0.2) is 45.9 Å². The van der Waals surface area contributed by atoms with Gasteiger partial charge in [-0.1, -0.05) is 22.0 Å². The zero-order valence-electron chi connectivity index (χ0n) is 10.1. The summed E-state index contributed by atoms with van der Waals surface area (Å²) in [5, 5.41) is 0. The van der Waals surface area contributed by atoms with E-state index in [1.807, 2.05) is 19.1 Å². The molecule has 19 heavy (non-hydrogen) atoms. The molecule has 0 saturated carbocycles. The van der Waals surface area contributed by atoms with Crippen molar-refractivity contribution in [3.8, 4) is 0 Å². The van der Waals surface area contributed by atoms with E-state index in [9.17, 15) is 8.42 Å². The Morgan fingerprint density at radius 2 is 2.05 bits per heavy atom. The van der Waals surface area contributed by atoms with Gasteiger partial charge in [-0.2, -0.15) is 0 Å². The smallest absolute Gasteiger partial charge is 0.265 e. The number of halogens is 1. The molecule has 0 spiro atoms. The first kappa shape index (κ1) is 13.8. The highest BCUT2D eigenvalue weighted by Crippen LogP contribution is 2.24. The third-order valence-electron chi connectivity index (χ3n) is 2.53. The number of hydrogen-bond donors (Lipinski definition) is 2. The summed E-state index contributed by atoms with van der Waals surface area (Å²) >= 11 is 3.30. The Morgan fingerprint density at radius 1 is 1.32 bits per heavy atom. The number of nitrogens with zero attached hydrogens (tertiary/aromatic N) is 1. The standard InChI is InChI=1S/C12H12BrN3O2S/c1-8-4-5-9(13)7-10(8)16-19(17,18)11-3-2-6-15-12(11)14/h2-7,16H,1H3,(H2,14,15). The number of hydrogen-bond acceptors (Lipinski definition) is 4. The molecule has 0 amide bonds. The minimum atomic E-state index is -3.74. The van der Waals surface area contributed by atoms with E-state index >= 15 is 0 Å². The minimum absolute atomic E-state index is 0.0253. The van der Waals surface area contributed by atoms with E-state index in [1.165, 1.54) is 18.3 Å². The summed E-state index contributed by atoms with van der Waals surface area (Å²) in [5.41, 5.74) is 6.90. The van der Waals surface area contributed by atoms with E-state index in [0.29, 0.717) is 5.69 Å². The third kappa shape index (κ3) is 3.05. The molecule has 7 heteroatoms. The molecule has 2 rings (SSSR count). The van der Waals surface area contributed by atoms with Gasteiger partial charge in [0.2, 0.25) is 0 Å². The molecular formula is C12H12BrN3O2S. The van der Waals surface area contributed by atoms with Crippen molar-refractivity contribution in [2.24, 2.45) is 0 Å². The Balaban J connectivity index is 2.43. The Hall–Kier alpha value is -1.60. The lowest BCUT2D eigenvalue weighted by Crippen LogP contribution is -2.16. The number of rotatable bonds is 3. The average molecular weight is 342 g/mol. The van der Waals surface area contributed by atoms with Gasteiger partial charge in [0.05, 0.1) is 5.69 Å². The number of sulfonamides is 1. The third-order valence-corrected chi connectivity index (χ3v) is 4.44. The fraction of sp³-hybridized carbons (Fsp3) is 0.0833. The second-order valence-electron chi connectivity index (χ2n) is 3.95. The molecule has 0 fully saturated rings. The molecule has 0 bridgehead atoms. The molecule has 3 N–H and O–H groups in total. The van der Waals surface area contributed by atoms with E-state index < -0.39 is 10.0 Å². The maximum atomic E-state index is 12.2. The number of nitrogens with two attached hydrogens (primary N) is 1. The van der Waals surface area contributed by atoms with Crippen LogP contribution in [0, 0.1) is 6.92 Å². The van der Waals surface area contributed by atoms with Gasteiger partial charge in [-0.25, -0.2) is 13.4 Å². The highest BCUT2D eigenvalue weighted by molar-refractivity contribution is 9.10. The molecule has 0 radical (unpaired) electrons. The molecule has 100 valence electrons. The van der Waals surface area contributed by atoms with Crippen molar-refractivity contribution in [2.45, 2.75) is 11.8 Å². The molecule has 0 aliphatic rings. The van der Waals surface area contributed by atoms with Crippen LogP contribution in [0.5, 0.6) is 0 Å². The Morgan fingerprint density at radius 3 is 2.74 bits per heavy atom. The fourth-order valence-corrected chi connectivity index (χ4v) is 3.10. The quantitative estimate of drug-likeness (QED) is 0.898. The Kier molecular flexibility index (Phi) is 3.77. The summed E-state index contributed by atoms with van der Waals surface area (Å²) in [5.74, 6) is -0.0253. The topological polar surface area (TPSA) is 85.1 Å². The number of nitrogens with one attached hydrogen (secondary N) is 1. The lowest BCUT2D eigenvalue weighted by Gasteiger charge is -2.11. The molecule has 1 aromatic carbocycles. The second kappa shape index (κ2) is 5.18. The number of aromatic nitrogens is 1. The predicted octanol–water partition coefficient (Wildman–Crippen LogP) is 2.54. The van der Waals surface area contributed by atoms with Gasteiger partial charge in [0.15, 0.2) is 0 Å². The van der Waals surface area contributed by atoms with Gasteiger partial charge in [-0.3, -0.25) is 4.72 Å². The summed E-state index contributed by atoms with van der Waals surface area (Å²) in [6.07, 6.45) is 1.44. The van der Waals surface area contributed by atoms with E-state index in [1.54, 1.807) is 6.07 Å². The summed E-state index contributed by atoms with van der Waals surface area (Å²) < 4.78 is 27.8. The van der Waals surface area contributed by atoms with Gasteiger partial charge in [0, 0.05) is 10.7 Å². The monoisotopic (exact) mass is 341 g/mol. The maximum Gasteiger partial charge on any atom is 0.265 e. The summed E-state index contributed by atoms with van der Waals surface area (Å²) in [4.78, 5) is 3.74. The van der Waals surface area contributed by atoms with Crippen molar-refractivity contribution in [1.82, 2.24) is 4.98 Å². The van der Waals surface area contributed by atoms with Crippen LogP contribution in [0.3, 0.4) is 0 Å². The van der Waals surface area contributed by atoms with Crippen molar-refractivity contribution < 1.29 is 8.42 Å². The largest absolute Gasteiger partial charge is 0.383 e. The minimum Gasteiger partial charge on any atom is -0.383 e. The van der Waals surface area contributed by atoms with Gasteiger partial charge in [0.1, 0.15) is 10.7 Å². The van der Waals surface area contributed by atoms with Crippen LogP contribution in [0.4, 0.5) is 11.5 Å². The fourth-order valence-electron chi connectivity index (χ4n) is 1.53. The molecule has 0 aliphatic heterocycles. The molecule has 2 aromatic rings. The lowest BCUT2D eigenvalue weighted by atomic mass is 10.2. The Labute approximate surface area is 120 Å². The van der Waals surface area contributed by atoms with E-state index in [4.69, 9.17) is 5.73 Å². The summed E-state index contributed by atoms with van der Waals surface area (Å²) in [6.45, 7) is 1.82. The summed E-state index contributed by atoms with van der Waals surface area (Å²) in [6, 6.07) is 8.29. The first-order valence-electron chi connectivity index (χ1n) is 5.39. The lowest BCUT2D eigenvalue weighted by molar-refractivity contribution is 0.601. The molecular weight excluding hydrogens is 330 g/mol. The molecule has 0 unspecified atom stereocenters. The maximum absolute atomic E-state index is 12.2. The van der Waals surface area contributed by atoms with Gasteiger partial charge in [-0.05, 0) is 36.8 Å². The normalized spacial score (nSPS) is 11.3. The predicted molar refractivity (Wildman–Crippen MR) is 78.3 cm³/mol. The molecule has 1 heterocycles. The van der Waals surface area contributed by atoms with Crippen LogP contribution in [-0.4, -0.2) is 13.4 Å². The van der Waals surface area contributed by atoms with Crippen molar-refractivity contribution in [1.29, 1.82) is 0 Å². The molecule has 5 nitrogen and oxygen atoms in total. The number of benzene rings is 1. The molecule has 1 aromatic heterocycles. The number of pyridine rings is 1. The van der Waals surface area contributed by atoms with E-state index in [0.717, 1.165) is 10.0 Å². The van der Waals surface area contributed by atoms with Crippen molar-refractivity contribution >= 4 is 37.5 Å². The Bertz CT molecular complexity index is 717. The number of nitrogen functional groups attached to an aromatic ring is 1. The van der Waals surface area contributed by atoms with E-state index in [-0.39, 0.29) is 10.7 Å². The van der Waals surface area contributed by atoms with Gasteiger partial charge in [-0.15, -0.1) is 0 Å². The van der Waals surface area contributed by atoms with Crippen LogP contribution < -0.4 is 10.5 Å². The van der Waals surface area contributed by atoms with Crippen LogP contribution in [0.2, 0.25) is 0 Å². The zero-order chi connectivity index (χ0) is 14.0. The van der Waals surface area contributed by atoms with Crippen LogP contribution in [-0.2, 0) is 10.0 Å². The SMILES string of the molecule is Cc1ccc(Br)cc1NS(=O)(=O)c1cccnc1N. The van der Waals surface area contributed by atoms with Crippen molar-refractivity contribution in [2.75, 3.05) is 10.5 Å². The molecule has 0 aliphatic carbocycles. The average Bonchev–Trinajstić information content (AvgIpc) is 2.34. The first-order chi connectivity index (χ1) is 8.90. The van der Waals surface area contributed by atoms with Crippen LogP contribution in [0.1, 0.15) is 5.56 Å². The van der Waals surface area contributed by atoms with Crippen molar-refractivity contribution in [3.05, 3.63) is 46.6 Å². The van der Waals surface area contributed by atoms with Gasteiger partial charge >= 0.3 is 0 Å². The zero-order valence-corrected chi connectivity index (χ0v) is 12.5. The van der Waals surface area contributed by atoms with Gasteiger partial charge < -0.3 is 5.73 Å². The molecule has 0 atom stereocenters. The van der Waals surface area contributed by atoms with Crippen LogP contribution >= 0.6 is 15.9 Å². The first-order valence-corrected chi connectivity index (χ1v) is 7.67. The van der Waals surface area contributed by atoms with Crippen LogP contribution in [0.25, 0.3) is 0 Å². The second-order valence-corrected chi connectivity index (χ2v) is 6.52. The molecule has 0 saturated heterocycles. The highest BCUT2D eigenvalue weighted by atomic mass is 79.9.